The Hall–Kier alpha value is -1.32. The number of ether oxygens (including phenoxy) is 1. The van der Waals surface area contributed by atoms with Gasteiger partial charge in [-0.3, -0.25) is 4.79 Å². The molecule has 0 spiro atoms. The van der Waals surface area contributed by atoms with Crippen molar-refractivity contribution in [3.05, 3.63) is 24.0 Å². The lowest BCUT2D eigenvalue weighted by atomic mass is 10.2. The minimum atomic E-state index is -1.55. The Morgan fingerprint density at radius 1 is 1.80 bits per heavy atom. The van der Waals surface area contributed by atoms with E-state index in [-0.39, 0.29) is 5.57 Å². The van der Waals surface area contributed by atoms with Gasteiger partial charge in [0.1, 0.15) is 0 Å². The summed E-state index contributed by atoms with van der Waals surface area (Å²) < 4.78 is 16.6. The number of hydrogen-bond acceptors (Lipinski definition) is 2. The summed E-state index contributed by atoms with van der Waals surface area (Å²) in [5.74, 6) is -0.651. The highest BCUT2D eigenvalue weighted by Crippen LogP contribution is 2.09. The summed E-state index contributed by atoms with van der Waals surface area (Å²) in [6.07, 6.45) is 1.89. The molecule has 0 aromatic rings. The van der Waals surface area contributed by atoms with Crippen LogP contribution in [0.2, 0.25) is 0 Å². The van der Waals surface area contributed by atoms with Crippen molar-refractivity contribution < 1.29 is 13.9 Å². The molecule has 0 aromatic heterocycles. The van der Waals surface area contributed by atoms with Crippen molar-refractivity contribution in [2.45, 2.75) is 6.36 Å². The molecule has 0 bridgehead atoms. The summed E-state index contributed by atoms with van der Waals surface area (Å²) in [4.78, 5) is 10.4. The van der Waals surface area contributed by atoms with E-state index >= 15 is 0 Å². The topological polar surface area (TPSA) is 52.3 Å². The lowest BCUT2D eigenvalue weighted by molar-refractivity contribution is -0.114. The van der Waals surface area contributed by atoms with Crippen LogP contribution in [0.25, 0.3) is 0 Å². The van der Waals surface area contributed by atoms with Gasteiger partial charge in [0.2, 0.25) is 5.91 Å². The molecule has 1 amide bonds. The molecule has 10 heavy (non-hydrogen) atoms. The summed E-state index contributed by atoms with van der Waals surface area (Å²) in [6.45, 7) is 0. The maximum atomic E-state index is 12.2. The SMILES string of the molecule is NC(=O)C1=CC(F)OC=C1. The highest BCUT2D eigenvalue weighted by molar-refractivity contribution is 5.94. The largest absolute Gasteiger partial charge is 0.464 e. The van der Waals surface area contributed by atoms with E-state index in [0.29, 0.717) is 0 Å². The van der Waals surface area contributed by atoms with Crippen LogP contribution in [0.5, 0.6) is 0 Å². The molecule has 0 aliphatic carbocycles. The predicted octanol–water partition coefficient (Wildman–Crippen LogP) is 0.238. The lowest BCUT2D eigenvalue weighted by Gasteiger charge is -2.08. The second kappa shape index (κ2) is 2.51. The van der Waals surface area contributed by atoms with Crippen LogP contribution in [0.4, 0.5) is 4.39 Å². The van der Waals surface area contributed by atoms with Gasteiger partial charge in [-0.15, -0.1) is 0 Å². The van der Waals surface area contributed by atoms with Crippen LogP contribution in [0.3, 0.4) is 0 Å². The fourth-order valence-corrected chi connectivity index (χ4v) is 0.588. The van der Waals surface area contributed by atoms with Gasteiger partial charge < -0.3 is 10.5 Å². The number of rotatable bonds is 1. The fraction of sp³-hybridized carbons (Fsp3) is 0.167. The number of primary amides is 1. The van der Waals surface area contributed by atoms with Gasteiger partial charge in [-0.25, -0.2) is 0 Å². The van der Waals surface area contributed by atoms with Gasteiger partial charge in [0.05, 0.1) is 6.26 Å². The van der Waals surface area contributed by atoms with Crippen LogP contribution in [-0.2, 0) is 9.53 Å². The van der Waals surface area contributed by atoms with Crippen LogP contribution in [-0.4, -0.2) is 12.3 Å². The highest BCUT2D eigenvalue weighted by Gasteiger charge is 2.10. The molecule has 1 aliphatic heterocycles. The second-order valence-corrected chi connectivity index (χ2v) is 1.78. The van der Waals surface area contributed by atoms with E-state index in [9.17, 15) is 9.18 Å². The molecule has 0 fully saturated rings. The average Bonchev–Trinajstić information content (AvgIpc) is 1.88. The first-order valence-corrected chi connectivity index (χ1v) is 2.68. The van der Waals surface area contributed by atoms with E-state index in [0.717, 1.165) is 12.3 Å². The summed E-state index contributed by atoms with van der Waals surface area (Å²) in [5.41, 5.74) is 4.99. The minimum Gasteiger partial charge on any atom is -0.464 e. The molecule has 4 heteroatoms. The third-order valence-corrected chi connectivity index (χ3v) is 1.05. The third kappa shape index (κ3) is 1.34. The monoisotopic (exact) mass is 143 g/mol. The van der Waals surface area contributed by atoms with Crippen LogP contribution in [0.1, 0.15) is 0 Å². The number of carbonyl (C=O) groups excluding carboxylic acids is 1. The molecule has 0 radical (unpaired) electrons. The average molecular weight is 143 g/mol. The van der Waals surface area contributed by atoms with Gasteiger partial charge in [0.25, 0.3) is 6.36 Å². The van der Waals surface area contributed by atoms with Gasteiger partial charge in [-0.1, -0.05) is 0 Å². The van der Waals surface area contributed by atoms with Crippen molar-refractivity contribution in [3.63, 3.8) is 0 Å². The van der Waals surface area contributed by atoms with Crippen molar-refractivity contribution in [1.82, 2.24) is 0 Å². The molecule has 1 unspecified atom stereocenters. The van der Waals surface area contributed by atoms with Gasteiger partial charge >= 0.3 is 0 Å². The Balaban J connectivity index is 2.76. The maximum Gasteiger partial charge on any atom is 0.257 e. The van der Waals surface area contributed by atoms with Gasteiger partial charge in [-0.2, -0.15) is 4.39 Å². The third-order valence-electron chi connectivity index (χ3n) is 1.05. The van der Waals surface area contributed by atoms with Crippen LogP contribution < -0.4 is 5.73 Å². The number of alkyl halides is 1. The van der Waals surface area contributed by atoms with E-state index < -0.39 is 12.3 Å². The van der Waals surface area contributed by atoms with Crippen LogP contribution in [0.15, 0.2) is 24.0 Å². The summed E-state index contributed by atoms with van der Waals surface area (Å²) in [7, 11) is 0. The number of hydrogen-bond donors (Lipinski definition) is 1. The molecule has 54 valence electrons. The van der Waals surface area contributed by atoms with E-state index in [1.54, 1.807) is 0 Å². The zero-order valence-corrected chi connectivity index (χ0v) is 5.08. The second-order valence-electron chi connectivity index (χ2n) is 1.78. The minimum absolute atomic E-state index is 0.138. The maximum absolute atomic E-state index is 12.2. The Labute approximate surface area is 57.0 Å². The zero-order chi connectivity index (χ0) is 7.56. The Morgan fingerprint density at radius 2 is 2.50 bits per heavy atom. The van der Waals surface area contributed by atoms with Gasteiger partial charge in [-0.05, 0) is 6.08 Å². The number of carbonyl (C=O) groups is 1. The van der Waals surface area contributed by atoms with E-state index in [2.05, 4.69) is 4.74 Å². The molecular formula is C6H6FNO2. The number of nitrogens with two attached hydrogens (primary N) is 1. The lowest BCUT2D eigenvalue weighted by Crippen LogP contribution is -2.16. The molecule has 1 atom stereocenters. The van der Waals surface area contributed by atoms with Crippen molar-refractivity contribution >= 4 is 5.91 Å². The molecule has 1 aliphatic rings. The first-order valence-electron chi connectivity index (χ1n) is 2.68. The summed E-state index contributed by atoms with van der Waals surface area (Å²) in [5, 5.41) is 0. The quantitative estimate of drug-likeness (QED) is 0.571. The molecule has 1 heterocycles. The van der Waals surface area contributed by atoms with Crippen molar-refractivity contribution in [2.75, 3.05) is 0 Å². The molecular weight excluding hydrogens is 137 g/mol. The Kier molecular flexibility index (Phi) is 1.71. The molecule has 3 nitrogen and oxygen atoms in total. The Bertz CT molecular complexity index is 210. The Morgan fingerprint density at radius 3 is 2.90 bits per heavy atom. The highest BCUT2D eigenvalue weighted by atomic mass is 19.1. The van der Waals surface area contributed by atoms with Gasteiger partial charge in [0.15, 0.2) is 0 Å². The molecule has 0 aromatic carbocycles. The smallest absolute Gasteiger partial charge is 0.257 e. The van der Waals surface area contributed by atoms with Crippen molar-refractivity contribution in [2.24, 2.45) is 5.73 Å². The van der Waals surface area contributed by atoms with Gasteiger partial charge in [0, 0.05) is 11.6 Å². The summed E-state index contributed by atoms with van der Waals surface area (Å²) in [6, 6.07) is 0. The molecule has 0 saturated heterocycles. The molecule has 0 saturated carbocycles. The fourth-order valence-electron chi connectivity index (χ4n) is 0.588. The van der Waals surface area contributed by atoms with Crippen molar-refractivity contribution in [1.29, 1.82) is 0 Å². The normalized spacial score (nSPS) is 23.3. The van der Waals surface area contributed by atoms with E-state index in [1.165, 1.54) is 6.08 Å². The number of halogens is 1. The molecule has 2 N–H and O–H groups in total. The van der Waals surface area contributed by atoms with E-state index in [1.807, 2.05) is 0 Å². The van der Waals surface area contributed by atoms with Crippen LogP contribution >= 0.6 is 0 Å². The standard InChI is InChI=1S/C6H6FNO2/c7-5-3-4(6(8)9)1-2-10-5/h1-3,5H,(H2,8,9). The zero-order valence-electron chi connectivity index (χ0n) is 5.08. The number of amides is 1. The predicted molar refractivity (Wildman–Crippen MR) is 32.4 cm³/mol. The molecule has 1 rings (SSSR count). The first-order chi connectivity index (χ1) is 4.70. The first kappa shape index (κ1) is 6.80. The van der Waals surface area contributed by atoms with Crippen LogP contribution in [0, 0.1) is 0 Å². The summed E-state index contributed by atoms with van der Waals surface area (Å²) >= 11 is 0. The van der Waals surface area contributed by atoms with Crippen molar-refractivity contribution in [3.8, 4) is 0 Å². The van der Waals surface area contributed by atoms with E-state index in [4.69, 9.17) is 5.73 Å².